The van der Waals surface area contributed by atoms with Crippen LogP contribution < -0.4 is 4.74 Å². The number of aryl methyl sites for hydroxylation is 1. The molecule has 0 aliphatic carbocycles. The van der Waals surface area contributed by atoms with Gasteiger partial charge in [-0.05, 0) is 18.6 Å². The second kappa shape index (κ2) is 5.30. The van der Waals surface area contributed by atoms with Gasteiger partial charge in [-0.3, -0.25) is 5.10 Å². The molecule has 0 aliphatic heterocycles. The van der Waals surface area contributed by atoms with Crippen LogP contribution in [0.2, 0.25) is 0 Å². The molecule has 2 aromatic rings. The van der Waals surface area contributed by atoms with Gasteiger partial charge in [0.05, 0.1) is 0 Å². The maximum absolute atomic E-state index is 5.55. The van der Waals surface area contributed by atoms with Crippen LogP contribution >= 0.6 is 0 Å². The van der Waals surface area contributed by atoms with Crippen LogP contribution in [0.25, 0.3) is 0 Å². The quantitative estimate of drug-likeness (QED) is 0.836. The molecular formula is C12H15N3O. The third kappa shape index (κ3) is 2.82. The summed E-state index contributed by atoms with van der Waals surface area (Å²) in [5.41, 5.74) is 0. The zero-order valence-corrected chi connectivity index (χ0v) is 9.31. The van der Waals surface area contributed by atoms with Crippen molar-refractivity contribution in [2.75, 3.05) is 0 Å². The van der Waals surface area contributed by atoms with Gasteiger partial charge in [0.15, 0.2) is 11.6 Å². The third-order valence-corrected chi connectivity index (χ3v) is 2.17. The van der Waals surface area contributed by atoms with E-state index >= 15 is 0 Å². The minimum atomic E-state index is 0.431. The van der Waals surface area contributed by atoms with Crippen LogP contribution in [0.3, 0.4) is 0 Å². The molecule has 84 valence electrons. The van der Waals surface area contributed by atoms with Crippen molar-refractivity contribution in [3.8, 4) is 5.75 Å². The van der Waals surface area contributed by atoms with Crippen molar-refractivity contribution in [2.45, 2.75) is 26.4 Å². The van der Waals surface area contributed by atoms with Gasteiger partial charge in [0.2, 0.25) is 0 Å². The smallest absolute Gasteiger partial charge is 0.162 e. The average molecular weight is 217 g/mol. The first-order chi connectivity index (χ1) is 7.88. The molecule has 0 radical (unpaired) electrons. The first-order valence-electron chi connectivity index (χ1n) is 5.46. The van der Waals surface area contributed by atoms with Crippen LogP contribution in [-0.4, -0.2) is 15.2 Å². The number of nitrogens with one attached hydrogen (secondary N) is 1. The van der Waals surface area contributed by atoms with Gasteiger partial charge in [0.1, 0.15) is 12.4 Å². The Morgan fingerprint density at radius 3 is 2.81 bits per heavy atom. The highest BCUT2D eigenvalue weighted by Crippen LogP contribution is 2.09. The SMILES string of the molecule is CCCc1n[nH]c(COc2ccccc2)n1. The second-order valence-corrected chi connectivity index (χ2v) is 3.55. The summed E-state index contributed by atoms with van der Waals surface area (Å²) >= 11 is 0. The molecule has 2 rings (SSSR count). The van der Waals surface area contributed by atoms with Crippen molar-refractivity contribution in [2.24, 2.45) is 0 Å². The monoisotopic (exact) mass is 217 g/mol. The van der Waals surface area contributed by atoms with Crippen molar-refractivity contribution < 1.29 is 4.74 Å². The number of H-pyrrole nitrogens is 1. The molecule has 0 fully saturated rings. The van der Waals surface area contributed by atoms with E-state index in [1.807, 2.05) is 30.3 Å². The lowest BCUT2D eigenvalue weighted by molar-refractivity contribution is 0.296. The number of nitrogens with zero attached hydrogens (tertiary/aromatic N) is 2. The number of rotatable bonds is 5. The predicted molar refractivity (Wildman–Crippen MR) is 61.2 cm³/mol. The first-order valence-corrected chi connectivity index (χ1v) is 5.46. The van der Waals surface area contributed by atoms with E-state index in [0.29, 0.717) is 6.61 Å². The Balaban J connectivity index is 1.89. The van der Waals surface area contributed by atoms with Crippen molar-refractivity contribution in [3.05, 3.63) is 42.0 Å². The maximum atomic E-state index is 5.55. The Kier molecular flexibility index (Phi) is 3.53. The van der Waals surface area contributed by atoms with Crippen molar-refractivity contribution in [3.63, 3.8) is 0 Å². The van der Waals surface area contributed by atoms with Crippen LogP contribution in [0, 0.1) is 0 Å². The number of ether oxygens (including phenoxy) is 1. The highest BCUT2D eigenvalue weighted by Gasteiger charge is 2.02. The van der Waals surface area contributed by atoms with Gasteiger partial charge in [0, 0.05) is 6.42 Å². The highest BCUT2D eigenvalue weighted by atomic mass is 16.5. The Morgan fingerprint density at radius 1 is 1.25 bits per heavy atom. The average Bonchev–Trinajstić information content (AvgIpc) is 2.76. The molecule has 0 amide bonds. The Morgan fingerprint density at radius 2 is 2.06 bits per heavy atom. The molecular weight excluding hydrogens is 202 g/mol. The van der Waals surface area contributed by atoms with Gasteiger partial charge >= 0.3 is 0 Å². The van der Waals surface area contributed by atoms with E-state index in [9.17, 15) is 0 Å². The van der Waals surface area contributed by atoms with E-state index in [-0.39, 0.29) is 0 Å². The fourth-order valence-electron chi connectivity index (χ4n) is 1.40. The third-order valence-electron chi connectivity index (χ3n) is 2.17. The zero-order valence-electron chi connectivity index (χ0n) is 9.31. The Labute approximate surface area is 94.7 Å². The van der Waals surface area contributed by atoms with Gasteiger partial charge in [-0.2, -0.15) is 5.10 Å². The number of hydrogen-bond donors (Lipinski definition) is 1. The molecule has 1 N–H and O–H groups in total. The molecule has 0 atom stereocenters. The summed E-state index contributed by atoms with van der Waals surface area (Å²) in [6.45, 7) is 2.54. The van der Waals surface area contributed by atoms with Crippen molar-refractivity contribution in [1.29, 1.82) is 0 Å². The highest BCUT2D eigenvalue weighted by molar-refractivity contribution is 5.20. The van der Waals surface area contributed by atoms with Gasteiger partial charge in [-0.25, -0.2) is 4.98 Å². The van der Waals surface area contributed by atoms with Gasteiger partial charge < -0.3 is 4.74 Å². The van der Waals surface area contributed by atoms with E-state index < -0.39 is 0 Å². The Bertz CT molecular complexity index is 425. The summed E-state index contributed by atoms with van der Waals surface area (Å²) in [6, 6.07) is 9.68. The normalized spacial score (nSPS) is 10.3. The van der Waals surface area contributed by atoms with Crippen LogP contribution in [-0.2, 0) is 13.0 Å². The number of benzene rings is 1. The van der Waals surface area contributed by atoms with Crippen LogP contribution in [0.4, 0.5) is 0 Å². The summed E-state index contributed by atoms with van der Waals surface area (Å²) in [5, 5.41) is 6.98. The van der Waals surface area contributed by atoms with E-state index in [0.717, 1.165) is 30.2 Å². The molecule has 0 saturated carbocycles. The van der Waals surface area contributed by atoms with Crippen molar-refractivity contribution >= 4 is 0 Å². The van der Waals surface area contributed by atoms with E-state index in [1.54, 1.807) is 0 Å². The van der Waals surface area contributed by atoms with Crippen LogP contribution in [0.5, 0.6) is 5.75 Å². The molecule has 1 aromatic heterocycles. The molecule has 0 spiro atoms. The lowest BCUT2D eigenvalue weighted by Crippen LogP contribution is -1.97. The van der Waals surface area contributed by atoms with E-state index in [2.05, 4.69) is 22.1 Å². The van der Waals surface area contributed by atoms with Crippen LogP contribution in [0.15, 0.2) is 30.3 Å². The predicted octanol–water partition coefficient (Wildman–Crippen LogP) is 2.34. The molecule has 0 bridgehead atoms. The summed E-state index contributed by atoms with van der Waals surface area (Å²) in [5.74, 6) is 2.47. The first kappa shape index (κ1) is 10.7. The summed E-state index contributed by atoms with van der Waals surface area (Å²) < 4.78 is 5.55. The minimum Gasteiger partial charge on any atom is -0.486 e. The molecule has 0 saturated heterocycles. The van der Waals surface area contributed by atoms with Crippen molar-refractivity contribution in [1.82, 2.24) is 15.2 Å². The Hall–Kier alpha value is -1.84. The molecule has 1 heterocycles. The largest absolute Gasteiger partial charge is 0.486 e. The number of aromatic amines is 1. The van der Waals surface area contributed by atoms with E-state index in [4.69, 9.17) is 4.74 Å². The number of aromatic nitrogens is 3. The fraction of sp³-hybridized carbons (Fsp3) is 0.333. The van der Waals surface area contributed by atoms with Gasteiger partial charge in [-0.1, -0.05) is 25.1 Å². The molecule has 4 heteroatoms. The summed E-state index contributed by atoms with van der Waals surface area (Å²) in [6.07, 6.45) is 1.96. The number of para-hydroxylation sites is 1. The minimum absolute atomic E-state index is 0.431. The number of hydrogen-bond acceptors (Lipinski definition) is 3. The molecule has 1 aromatic carbocycles. The van der Waals surface area contributed by atoms with Gasteiger partial charge in [0.25, 0.3) is 0 Å². The summed E-state index contributed by atoms with van der Waals surface area (Å²) in [4.78, 5) is 4.32. The maximum Gasteiger partial charge on any atom is 0.162 e. The molecule has 16 heavy (non-hydrogen) atoms. The molecule has 0 aliphatic rings. The second-order valence-electron chi connectivity index (χ2n) is 3.55. The summed E-state index contributed by atoms with van der Waals surface area (Å²) in [7, 11) is 0. The standard InChI is InChI=1S/C12H15N3O/c1-2-6-11-13-12(15-14-11)9-16-10-7-4-3-5-8-10/h3-5,7-8H,2,6,9H2,1H3,(H,13,14,15). The van der Waals surface area contributed by atoms with Gasteiger partial charge in [-0.15, -0.1) is 0 Å². The molecule has 4 nitrogen and oxygen atoms in total. The van der Waals surface area contributed by atoms with Crippen LogP contribution in [0.1, 0.15) is 25.0 Å². The fourth-order valence-corrected chi connectivity index (χ4v) is 1.40. The lowest BCUT2D eigenvalue weighted by atomic mass is 10.3. The molecule has 0 unspecified atom stereocenters. The zero-order chi connectivity index (χ0) is 11.2. The topological polar surface area (TPSA) is 50.8 Å². The lowest BCUT2D eigenvalue weighted by Gasteiger charge is -2.02. The van der Waals surface area contributed by atoms with E-state index in [1.165, 1.54) is 0 Å².